The van der Waals surface area contributed by atoms with E-state index in [0.29, 0.717) is 32.2 Å². The first-order valence-corrected chi connectivity index (χ1v) is 15.1. The molecule has 2 saturated heterocycles. The van der Waals surface area contributed by atoms with Crippen LogP contribution in [0.5, 0.6) is 0 Å². The number of piperidine rings is 1. The van der Waals surface area contributed by atoms with E-state index in [0.717, 1.165) is 45.6 Å². The third kappa shape index (κ3) is 10.8. The van der Waals surface area contributed by atoms with Gasteiger partial charge in [-0.05, 0) is 37.8 Å². The summed E-state index contributed by atoms with van der Waals surface area (Å²) >= 11 is 6.33. The Balaban J connectivity index is 1.45. The Bertz CT molecular complexity index is 1160. The van der Waals surface area contributed by atoms with Crippen LogP contribution in [0.15, 0.2) is 24.5 Å². The largest absolute Gasteiger partial charge is 0.465 e. The summed E-state index contributed by atoms with van der Waals surface area (Å²) in [6, 6.07) is 3.04. The highest BCUT2D eigenvalue weighted by Crippen LogP contribution is 2.23. The van der Waals surface area contributed by atoms with Gasteiger partial charge in [-0.3, -0.25) is 24.2 Å². The van der Waals surface area contributed by atoms with Crippen LogP contribution in [0, 0.1) is 5.92 Å². The van der Waals surface area contributed by atoms with E-state index in [1.807, 2.05) is 6.92 Å². The van der Waals surface area contributed by atoms with Gasteiger partial charge in [0, 0.05) is 64.8 Å². The number of hydrazine groups is 1. The van der Waals surface area contributed by atoms with Gasteiger partial charge in [-0.25, -0.2) is 15.6 Å². The number of esters is 1. The number of nitrogens with zero attached hydrogens (tertiary/aromatic N) is 6. The van der Waals surface area contributed by atoms with Crippen molar-refractivity contribution >= 4 is 41.2 Å². The van der Waals surface area contributed by atoms with Crippen molar-refractivity contribution in [3.63, 3.8) is 0 Å². The smallest absolute Gasteiger partial charge is 0.410 e. The number of hydrogen-bond acceptors (Lipinski definition) is 12. The minimum Gasteiger partial charge on any atom is -0.465 e. The molecule has 0 aromatic carbocycles. The van der Waals surface area contributed by atoms with Gasteiger partial charge < -0.3 is 35.3 Å². The Labute approximate surface area is 263 Å². The van der Waals surface area contributed by atoms with Gasteiger partial charge in [-0.1, -0.05) is 11.6 Å². The number of nitrogens with two attached hydrogens (primary N) is 2. The summed E-state index contributed by atoms with van der Waals surface area (Å²) in [5.74, 6) is 5.29. The van der Waals surface area contributed by atoms with Crippen molar-refractivity contribution in [2.75, 3.05) is 91.0 Å². The SMILES string of the molecule is CCOC(=O)CN1CCN(CC2CCN(C(=O)c3ccc(NC(=O)CN(CCN(N)/C=C\N)C(=O)OC)c(Cl)n3)CC2)CC1. The summed E-state index contributed by atoms with van der Waals surface area (Å²) in [7, 11) is 1.21. The van der Waals surface area contributed by atoms with Crippen molar-refractivity contribution < 1.29 is 28.7 Å². The zero-order valence-corrected chi connectivity index (χ0v) is 26.2. The highest BCUT2D eigenvalue weighted by Gasteiger charge is 2.28. The Morgan fingerprint density at radius 2 is 1.77 bits per heavy atom. The first-order chi connectivity index (χ1) is 21.1. The minimum absolute atomic E-state index is 0.0352. The molecule has 0 radical (unpaired) electrons. The number of halogens is 1. The van der Waals surface area contributed by atoms with Crippen molar-refractivity contribution in [2.24, 2.45) is 17.5 Å². The number of carbonyl (C=O) groups is 4. The standard InChI is InChI=1S/C28H44ClN9O6/c1-3-44-25(40)20-35-14-12-34(13-15-35)18-21-6-9-36(10-7-21)27(41)23-5-4-22(26(29)33-23)32-24(39)19-37(28(42)43-2)16-17-38(31)11-8-30/h4-5,8,11,21H,3,6-7,9-10,12-20,30-31H2,1-2H3,(H,32,39)/b11-8-. The number of piperazine rings is 1. The van der Waals surface area contributed by atoms with Gasteiger partial charge in [0.1, 0.15) is 12.2 Å². The number of methoxy groups -OCH3 is 1. The quantitative estimate of drug-likeness (QED) is 0.117. The van der Waals surface area contributed by atoms with E-state index >= 15 is 0 Å². The predicted octanol–water partition coefficient (Wildman–Crippen LogP) is 0.380. The second-order valence-corrected chi connectivity index (χ2v) is 11.0. The van der Waals surface area contributed by atoms with Gasteiger partial charge >= 0.3 is 12.1 Å². The van der Waals surface area contributed by atoms with Crippen LogP contribution >= 0.6 is 11.6 Å². The van der Waals surface area contributed by atoms with Crippen molar-refractivity contribution in [3.05, 3.63) is 35.4 Å². The van der Waals surface area contributed by atoms with Gasteiger partial charge in [0.2, 0.25) is 5.91 Å². The van der Waals surface area contributed by atoms with Crippen LogP contribution in [-0.4, -0.2) is 139 Å². The summed E-state index contributed by atoms with van der Waals surface area (Å²) in [6.45, 7) is 8.23. The van der Waals surface area contributed by atoms with Crippen LogP contribution in [0.25, 0.3) is 0 Å². The monoisotopic (exact) mass is 637 g/mol. The van der Waals surface area contributed by atoms with Crippen molar-refractivity contribution in [1.82, 2.24) is 29.6 Å². The lowest BCUT2D eigenvalue weighted by Crippen LogP contribution is -2.50. The van der Waals surface area contributed by atoms with E-state index in [1.54, 1.807) is 4.90 Å². The first kappa shape index (κ1) is 34.8. The second kappa shape index (κ2) is 17.6. The van der Waals surface area contributed by atoms with Crippen LogP contribution in [-0.2, 0) is 19.1 Å². The van der Waals surface area contributed by atoms with Gasteiger partial charge in [0.05, 0.1) is 32.5 Å². The van der Waals surface area contributed by atoms with Gasteiger partial charge in [-0.15, -0.1) is 0 Å². The Morgan fingerprint density at radius 1 is 1.09 bits per heavy atom. The van der Waals surface area contributed by atoms with Crippen LogP contribution < -0.4 is 16.9 Å². The molecule has 244 valence electrons. The van der Waals surface area contributed by atoms with E-state index in [1.165, 1.54) is 41.6 Å². The molecule has 0 saturated carbocycles. The molecule has 15 nitrogen and oxygen atoms in total. The fraction of sp³-hybridized carbons (Fsp3) is 0.607. The average Bonchev–Trinajstić information content (AvgIpc) is 3.01. The van der Waals surface area contributed by atoms with Gasteiger partial charge in [0.15, 0.2) is 5.15 Å². The zero-order chi connectivity index (χ0) is 32.1. The maximum Gasteiger partial charge on any atom is 0.410 e. The molecule has 0 aliphatic carbocycles. The molecule has 3 rings (SSSR count). The fourth-order valence-corrected chi connectivity index (χ4v) is 5.36. The molecule has 0 bridgehead atoms. The van der Waals surface area contributed by atoms with E-state index < -0.39 is 12.0 Å². The van der Waals surface area contributed by atoms with Crippen LogP contribution in [0.4, 0.5) is 10.5 Å². The summed E-state index contributed by atoms with van der Waals surface area (Å²) < 4.78 is 9.80. The van der Waals surface area contributed by atoms with E-state index in [2.05, 4.69) is 20.1 Å². The molecule has 3 amide bonds. The third-order valence-electron chi connectivity index (χ3n) is 7.56. The van der Waals surface area contributed by atoms with Gasteiger partial charge in [0.25, 0.3) is 5.91 Å². The molecular weight excluding hydrogens is 594 g/mol. The summed E-state index contributed by atoms with van der Waals surface area (Å²) in [5, 5.41) is 3.86. The molecule has 0 atom stereocenters. The molecule has 44 heavy (non-hydrogen) atoms. The number of likely N-dealkylation sites (tertiary alicyclic amines) is 1. The second-order valence-electron chi connectivity index (χ2n) is 10.7. The van der Waals surface area contributed by atoms with Crippen LogP contribution in [0.2, 0.25) is 5.15 Å². The Morgan fingerprint density at radius 3 is 2.39 bits per heavy atom. The highest BCUT2D eigenvalue weighted by atomic mass is 35.5. The maximum atomic E-state index is 13.2. The van der Waals surface area contributed by atoms with E-state index in [9.17, 15) is 19.2 Å². The van der Waals surface area contributed by atoms with Crippen LogP contribution in [0.1, 0.15) is 30.3 Å². The molecule has 16 heteroatoms. The van der Waals surface area contributed by atoms with Crippen LogP contribution in [0.3, 0.4) is 0 Å². The van der Waals surface area contributed by atoms with E-state index in [-0.39, 0.29) is 48.0 Å². The Kier molecular flexibility index (Phi) is 13.9. The number of carbonyl (C=O) groups excluding carboxylic acids is 4. The minimum atomic E-state index is -0.701. The number of aromatic nitrogens is 1. The fourth-order valence-electron chi connectivity index (χ4n) is 5.16. The molecule has 1 aromatic rings. The molecule has 1 aromatic heterocycles. The number of nitrogens with one attached hydrogen (secondary N) is 1. The molecular formula is C28H44ClN9O6. The predicted molar refractivity (Wildman–Crippen MR) is 164 cm³/mol. The lowest BCUT2D eigenvalue weighted by atomic mass is 9.95. The summed E-state index contributed by atoms with van der Waals surface area (Å²) in [4.78, 5) is 61.4. The normalized spacial score (nSPS) is 16.5. The van der Waals surface area contributed by atoms with Crippen molar-refractivity contribution in [3.8, 4) is 0 Å². The molecule has 3 heterocycles. The number of amides is 3. The molecule has 0 unspecified atom stereocenters. The van der Waals surface area contributed by atoms with Crippen molar-refractivity contribution in [1.29, 1.82) is 0 Å². The third-order valence-corrected chi connectivity index (χ3v) is 7.84. The van der Waals surface area contributed by atoms with E-state index in [4.69, 9.17) is 32.7 Å². The molecule has 2 aliphatic heterocycles. The zero-order valence-electron chi connectivity index (χ0n) is 25.5. The number of rotatable bonds is 13. The molecule has 5 N–H and O–H groups in total. The molecule has 2 fully saturated rings. The number of ether oxygens (including phenoxy) is 2. The lowest BCUT2D eigenvalue weighted by molar-refractivity contribution is -0.144. The summed E-state index contributed by atoms with van der Waals surface area (Å²) in [6.07, 6.45) is 3.75. The number of hydrogen-bond donors (Lipinski definition) is 3. The average molecular weight is 638 g/mol. The highest BCUT2D eigenvalue weighted by molar-refractivity contribution is 6.32. The maximum absolute atomic E-state index is 13.2. The number of pyridine rings is 1. The summed E-state index contributed by atoms with van der Waals surface area (Å²) in [5.41, 5.74) is 5.71. The molecule has 0 spiro atoms. The topological polar surface area (TPSA) is 180 Å². The molecule has 2 aliphatic rings. The lowest BCUT2D eigenvalue weighted by Gasteiger charge is -2.38. The Hall–Kier alpha value is -3.66. The number of anilines is 1. The van der Waals surface area contributed by atoms with Crippen molar-refractivity contribution in [2.45, 2.75) is 19.8 Å². The van der Waals surface area contributed by atoms with Gasteiger partial charge in [-0.2, -0.15) is 0 Å². The first-order valence-electron chi connectivity index (χ1n) is 14.7.